The van der Waals surface area contributed by atoms with Crippen molar-refractivity contribution < 1.29 is 15.0 Å². The van der Waals surface area contributed by atoms with Crippen molar-refractivity contribution in [2.24, 2.45) is 75.9 Å². The highest BCUT2D eigenvalue weighted by molar-refractivity contribution is 9.09. The van der Waals surface area contributed by atoms with Crippen LogP contribution in [0, 0.1) is 75.9 Å². The molecule has 4 N–H and O–H groups in total. The molecule has 0 unspecified atom stereocenters. The van der Waals surface area contributed by atoms with E-state index in [1.54, 1.807) is 12.3 Å². The minimum atomic E-state index is -0.419. The number of rotatable bonds is 3. The molecule has 8 saturated carbocycles. The Bertz CT molecular complexity index is 1930. The summed E-state index contributed by atoms with van der Waals surface area (Å²) in [7, 11) is 0. The lowest BCUT2D eigenvalue weighted by Gasteiger charge is -2.57. The monoisotopic (exact) mass is 931 g/mol. The SMILES string of the molecule is C.C.C.C[C@@]1(O)CC[C@H]2[C@H](CC[C@@H]3[C@@H]2CC[C@]2(C)[C@@H](C(=O)CBr)CC[C@@H]32)C1.C[C@@]1(O)CC[C@H]2[C@H](CC[C@@H]3[C@@H]2CC[C@]2(C)[C@@H](c4cn5ccccc5n4)CC[C@@H]32)C1.Nc1ccccn1. The maximum absolute atomic E-state index is 12.5. The number of imidazole rings is 1. The number of aliphatic hydroxyl groups is 2. The Morgan fingerprint density at radius 3 is 1.78 bits per heavy atom. The zero-order valence-electron chi connectivity index (χ0n) is 37.2. The van der Waals surface area contributed by atoms with Crippen molar-refractivity contribution in [1.29, 1.82) is 0 Å². The highest BCUT2D eigenvalue weighted by atomic mass is 79.9. The van der Waals surface area contributed by atoms with Crippen LogP contribution in [-0.4, -0.2) is 46.9 Å². The molecule has 0 saturated heterocycles. The van der Waals surface area contributed by atoms with Gasteiger partial charge in [-0.05, 0) is 224 Å². The first kappa shape index (κ1) is 50.1. The summed E-state index contributed by atoms with van der Waals surface area (Å²) in [5.74, 6) is 10.4. The third-order valence-electron chi connectivity index (χ3n) is 19.4. The van der Waals surface area contributed by atoms with E-state index in [0.29, 0.717) is 34.2 Å². The number of nitrogen functional groups attached to an aromatic ring is 1. The average Bonchev–Trinajstić information content (AvgIpc) is 3.92. The molecule has 3 heterocycles. The number of carbonyl (C=O) groups is 1. The first-order valence-electron chi connectivity index (χ1n) is 24.3. The van der Waals surface area contributed by atoms with E-state index in [0.717, 1.165) is 96.9 Å². The molecule has 0 aliphatic heterocycles. The second-order valence-corrected chi connectivity index (χ2v) is 23.2. The zero-order valence-corrected chi connectivity index (χ0v) is 38.7. The smallest absolute Gasteiger partial charge is 0.147 e. The Balaban J connectivity index is 0.000000177. The molecule has 16 atom stereocenters. The molecule has 0 radical (unpaired) electrons. The summed E-state index contributed by atoms with van der Waals surface area (Å²) in [6.07, 6.45) is 28.5. The van der Waals surface area contributed by atoms with Crippen LogP contribution in [0.15, 0.2) is 55.0 Å². The molecule has 352 valence electrons. The predicted molar refractivity (Wildman–Crippen MR) is 265 cm³/mol. The molecular formula is C55H87BrN4O3. The Kier molecular flexibility index (Phi) is 15.5. The highest BCUT2D eigenvalue weighted by Gasteiger charge is 2.60. The maximum Gasteiger partial charge on any atom is 0.147 e. The van der Waals surface area contributed by atoms with Gasteiger partial charge in [0.15, 0.2) is 0 Å². The molecule has 7 nitrogen and oxygen atoms in total. The molecule has 0 bridgehead atoms. The number of halogens is 1. The number of fused-ring (bicyclic) bond motifs is 11. The minimum Gasteiger partial charge on any atom is -0.390 e. The Hall–Kier alpha value is -2.29. The van der Waals surface area contributed by atoms with Crippen LogP contribution in [0.2, 0.25) is 0 Å². The van der Waals surface area contributed by atoms with Crippen LogP contribution in [-0.2, 0) is 4.79 Å². The molecule has 3 aromatic rings. The van der Waals surface area contributed by atoms with Gasteiger partial charge in [-0.3, -0.25) is 4.79 Å². The van der Waals surface area contributed by atoms with Crippen molar-refractivity contribution in [3.05, 3.63) is 60.7 Å². The molecule has 63 heavy (non-hydrogen) atoms. The number of ketones is 1. The van der Waals surface area contributed by atoms with Crippen molar-refractivity contribution in [3.63, 3.8) is 0 Å². The van der Waals surface area contributed by atoms with Crippen molar-refractivity contribution >= 4 is 33.2 Å². The number of nitrogens with zero attached hydrogens (tertiary/aromatic N) is 3. The normalized spacial score (nSPS) is 43.0. The van der Waals surface area contributed by atoms with Crippen LogP contribution in [0.4, 0.5) is 5.82 Å². The van der Waals surface area contributed by atoms with E-state index in [9.17, 15) is 15.0 Å². The number of pyridine rings is 2. The van der Waals surface area contributed by atoms with Gasteiger partial charge < -0.3 is 20.3 Å². The molecule has 8 aliphatic carbocycles. The van der Waals surface area contributed by atoms with Crippen molar-refractivity contribution in [2.45, 2.75) is 183 Å². The van der Waals surface area contributed by atoms with E-state index in [2.05, 4.69) is 76.7 Å². The number of carbonyl (C=O) groups excluding carboxylic acids is 1. The number of hydrogen-bond acceptors (Lipinski definition) is 6. The third kappa shape index (κ3) is 9.50. The number of anilines is 1. The zero-order chi connectivity index (χ0) is 42.0. The van der Waals surface area contributed by atoms with Crippen molar-refractivity contribution in [2.75, 3.05) is 11.1 Å². The van der Waals surface area contributed by atoms with Gasteiger partial charge in [0, 0.05) is 30.4 Å². The second kappa shape index (κ2) is 19.5. The highest BCUT2D eigenvalue weighted by Crippen LogP contribution is 2.67. The molecule has 8 fully saturated rings. The molecule has 8 heteroatoms. The predicted octanol–water partition coefficient (Wildman–Crippen LogP) is 13.4. The molecule has 0 aromatic carbocycles. The van der Waals surface area contributed by atoms with Crippen LogP contribution >= 0.6 is 15.9 Å². The van der Waals surface area contributed by atoms with Crippen LogP contribution < -0.4 is 5.73 Å². The standard InChI is InChI=1S/C26H36N2O.C21H33BrO2.C5H6N2.3CH4/c1-25(29)12-10-18-17(15-25)6-7-20-19(18)11-13-26(2)21(20)8-9-22(26)23-16-28-14-4-3-5-24(28)27-23;1-20(24)9-7-14-13(11-20)3-4-16-15(14)8-10-21(2)17(16)5-6-18(21)19(23)12-22;6-5-3-1-2-4-7-5;;;/h3-5,14,16-22,29H,6-13,15H2,1-2H3;13-18,24H,3-12H2,1-2H3;1-4H,(H2,6,7);3*1H4/t17-,18+,19-,20-,21+,22-,25-,26+;13-,14+,15-,16-,17+,18-,20-,21+;;;;/m11..../s1. The van der Waals surface area contributed by atoms with Crippen molar-refractivity contribution in [3.8, 4) is 0 Å². The van der Waals surface area contributed by atoms with Gasteiger partial charge in [0.25, 0.3) is 0 Å². The van der Waals surface area contributed by atoms with E-state index in [1.807, 2.05) is 19.1 Å². The van der Waals surface area contributed by atoms with Gasteiger partial charge >= 0.3 is 0 Å². The Labute approximate surface area is 391 Å². The lowest BCUT2D eigenvalue weighted by atomic mass is 9.49. The van der Waals surface area contributed by atoms with E-state index in [-0.39, 0.29) is 27.7 Å². The lowest BCUT2D eigenvalue weighted by molar-refractivity contribution is -0.129. The second-order valence-electron chi connectivity index (χ2n) is 22.7. The molecule has 0 amide bonds. The van der Waals surface area contributed by atoms with Crippen LogP contribution in [0.25, 0.3) is 5.65 Å². The maximum atomic E-state index is 12.5. The fourth-order valence-electron chi connectivity index (χ4n) is 16.8. The molecule has 8 aliphatic rings. The molecule has 3 aromatic heterocycles. The molecule has 0 spiro atoms. The van der Waals surface area contributed by atoms with E-state index in [4.69, 9.17) is 10.7 Å². The lowest BCUT2D eigenvalue weighted by Crippen LogP contribution is -2.51. The first-order valence-corrected chi connectivity index (χ1v) is 25.5. The summed E-state index contributed by atoms with van der Waals surface area (Å²) in [4.78, 5) is 21.3. The minimum absolute atomic E-state index is 0. The van der Waals surface area contributed by atoms with Crippen molar-refractivity contribution in [1.82, 2.24) is 14.4 Å². The van der Waals surface area contributed by atoms with Gasteiger partial charge in [0.2, 0.25) is 0 Å². The van der Waals surface area contributed by atoms with Gasteiger partial charge in [0.05, 0.1) is 22.2 Å². The summed E-state index contributed by atoms with van der Waals surface area (Å²) in [6, 6.07) is 11.8. The number of nitrogens with two attached hydrogens (primary N) is 1. The Morgan fingerprint density at radius 1 is 0.683 bits per heavy atom. The van der Waals surface area contributed by atoms with Gasteiger partial charge in [-0.25, -0.2) is 9.97 Å². The van der Waals surface area contributed by atoms with Gasteiger partial charge in [-0.15, -0.1) is 0 Å². The summed E-state index contributed by atoms with van der Waals surface area (Å²) in [6.45, 7) is 9.15. The van der Waals surface area contributed by atoms with Gasteiger partial charge in [0.1, 0.15) is 17.2 Å². The molecule has 11 rings (SSSR count). The Morgan fingerprint density at radius 2 is 1.24 bits per heavy atom. The summed E-state index contributed by atoms with van der Waals surface area (Å²) in [5.41, 5.74) is 7.54. The van der Waals surface area contributed by atoms with Crippen LogP contribution in [0.5, 0.6) is 0 Å². The third-order valence-corrected chi connectivity index (χ3v) is 20.0. The number of Topliss-reactive ketones (excluding diaryl/α,β-unsaturated/α-hetero) is 1. The summed E-state index contributed by atoms with van der Waals surface area (Å²) >= 11 is 3.42. The number of aromatic nitrogens is 3. The number of hydrogen-bond donors (Lipinski definition) is 3. The van der Waals surface area contributed by atoms with E-state index in [1.165, 1.54) is 89.2 Å². The molecular weight excluding hydrogens is 845 g/mol. The summed E-state index contributed by atoms with van der Waals surface area (Å²) in [5, 5.41) is 21.6. The quantitative estimate of drug-likeness (QED) is 0.226. The van der Waals surface area contributed by atoms with Crippen LogP contribution in [0.3, 0.4) is 0 Å². The fourth-order valence-corrected chi connectivity index (χ4v) is 17.2. The average molecular weight is 932 g/mol. The largest absolute Gasteiger partial charge is 0.390 e. The van der Waals surface area contributed by atoms with E-state index < -0.39 is 11.2 Å². The van der Waals surface area contributed by atoms with Gasteiger partial charge in [-0.2, -0.15) is 0 Å². The van der Waals surface area contributed by atoms with Crippen LogP contribution in [0.1, 0.15) is 177 Å². The first-order chi connectivity index (χ1) is 28.7. The number of alkyl halides is 1. The van der Waals surface area contributed by atoms with Gasteiger partial charge in [-0.1, -0.05) is 64.2 Å². The fraction of sp³-hybridized carbons (Fsp3) is 0.764. The summed E-state index contributed by atoms with van der Waals surface area (Å²) < 4.78 is 2.21. The topological polar surface area (TPSA) is 114 Å². The van der Waals surface area contributed by atoms with E-state index >= 15 is 0 Å².